The van der Waals surface area contributed by atoms with Gasteiger partial charge in [0.2, 0.25) is 0 Å². The van der Waals surface area contributed by atoms with Gasteiger partial charge in [-0.25, -0.2) is 0 Å². The summed E-state index contributed by atoms with van der Waals surface area (Å²) in [5.41, 5.74) is 6.05. The highest BCUT2D eigenvalue weighted by Crippen LogP contribution is 2.43. The normalized spacial score (nSPS) is 17.0. The van der Waals surface area contributed by atoms with Crippen LogP contribution in [0, 0.1) is 0 Å². The predicted octanol–water partition coefficient (Wildman–Crippen LogP) is 7.74. The molecule has 4 rings (SSSR count). The molecule has 1 heteroatoms. The van der Waals surface area contributed by atoms with Crippen LogP contribution in [0.2, 0.25) is 0 Å². The van der Waals surface area contributed by atoms with Gasteiger partial charge in [-0.2, -0.15) is 0 Å². The summed E-state index contributed by atoms with van der Waals surface area (Å²) < 4.78 is 0. The molecule has 1 nitrogen and oxygen atoms in total. The van der Waals surface area contributed by atoms with E-state index in [9.17, 15) is 5.11 Å². The van der Waals surface area contributed by atoms with Crippen molar-refractivity contribution in [1.29, 1.82) is 0 Å². The molecule has 29 heavy (non-hydrogen) atoms. The van der Waals surface area contributed by atoms with Gasteiger partial charge in [-0.15, -0.1) is 0 Å². The predicted molar refractivity (Wildman–Crippen MR) is 122 cm³/mol. The van der Waals surface area contributed by atoms with Crippen molar-refractivity contribution < 1.29 is 5.11 Å². The van der Waals surface area contributed by atoms with Gasteiger partial charge < -0.3 is 5.11 Å². The van der Waals surface area contributed by atoms with Crippen LogP contribution in [0.1, 0.15) is 91.5 Å². The van der Waals surface area contributed by atoms with Crippen LogP contribution >= 0.6 is 0 Å². The van der Waals surface area contributed by atoms with Crippen LogP contribution in [0.4, 0.5) is 0 Å². The lowest BCUT2D eigenvalue weighted by Crippen LogP contribution is -2.09. The number of benzene rings is 3. The van der Waals surface area contributed by atoms with E-state index in [2.05, 4.69) is 86.6 Å². The zero-order chi connectivity index (χ0) is 20.2. The van der Waals surface area contributed by atoms with E-state index in [4.69, 9.17) is 0 Å². The SMILES string of the molecule is CC(c1ccccc1)c1cc(C2CCCCC2)cc(C(C)c2ccccc2)c1O. The molecule has 1 saturated carbocycles. The molecule has 0 bridgehead atoms. The molecule has 3 aromatic rings. The summed E-state index contributed by atoms with van der Waals surface area (Å²) in [4.78, 5) is 0. The maximum absolute atomic E-state index is 11.4. The fourth-order valence-corrected chi connectivity index (χ4v) is 4.88. The van der Waals surface area contributed by atoms with Crippen molar-refractivity contribution in [2.75, 3.05) is 0 Å². The van der Waals surface area contributed by atoms with Crippen molar-refractivity contribution in [3.05, 3.63) is 101 Å². The minimum absolute atomic E-state index is 0.168. The Morgan fingerprint density at radius 2 is 1.14 bits per heavy atom. The fraction of sp³-hybridized carbons (Fsp3) is 0.357. The lowest BCUT2D eigenvalue weighted by Gasteiger charge is -2.27. The third-order valence-corrected chi connectivity index (χ3v) is 6.80. The van der Waals surface area contributed by atoms with E-state index in [1.165, 1.54) is 48.8 Å². The number of phenols is 1. The van der Waals surface area contributed by atoms with Gasteiger partial charge in [0.25, 0.3) is 0 Å². The van der Waals surface area contributed by atoms with E-state index in [0.29, 0.717) is 11.7 Å². The largest absolute Gasteiger partial charge is 0.507 e. The van der Waals surface area contributed by atoms with E-state index in [1.807, 2.05) is 0 Å². The lowest BCUT2D eigenvalue weighted by atomic mass is 9.79. The first-order chi connectivity index (χ1) is 14.1. The molecule has 0 aliphatic heterocycles. The molecule has 0 spiro atoms. The second kappa shape index (κ2) is 8.86. The molecule has 1 aliphatic rings. The Hall–Kier alpha value is -2.54. The van der Waals surface area contributed by atoms with Crippen molar-refractivity contribution in [2.24, 2.45) is 0 Å². The van der Waals surface area contributed by atoms with Gasteiger partial charge in [-0.05, 0) is 35.4 Å². The number of aromatic hydroxyl groups is 1. The highest BCUT2D eigenvalue weighted by molar-refractivity contribution is 5.52. The van der Waals surface area contributed by atoms with Crippen molar-refractivity contribution in [1.82, 2.24) is 0 Å². The van der Waals surface area contributed by atoms with E-state index >= 15 is 0 Å². The van der Waals surface area contributed by atoms with Gasteiger partial charge in [0, 0.05) is 23.0 Å². The summed E-state index contributed by atoms with van der Waals surface area (Å²) in [5.74, 6) is 1.42. The average Bonchev–Trinajstić information content (AvgIpc) is 2.80. The van der Waals surface area contributed by atoms with Crippen molar-refractivity contribution >= 4 is 0 Å². The molecule has 0 radical (unpaired) electrons. The summed E-state index contributed by atoms with van der Waals surface area (Å²) in [6, 6.07) is 25.7. The van der Waals surface area contributed by atoms with Gasteiger partial charge >= 0.3 is 0 Å². The van der Waals surface area contributed by atoms with Crippen LogP contribution in [0.5, 0.6) is 5.75 Å². The van der Waals surface area contributed by atoms with E-state index in [0.717, 1.165) is 11.1 Å². The van der Waals surface area contributed by atoms with Crippen molar-refractivity contribution in [2.45, 2.75) is 63.7 Å². The molecule has 0 amide bonds. The molecular weight excluding hydrogens is 352 g/mol. The summed E-state index contributed by atoms with van der Waals surface area (Å²) in [5, 5.41) is 11.4. The molecule has 3 aromatic carbocycles. The van der Waals surface area contributed by atoms with Crippen molar-refractivity contribution in [3.63, 3.8) is 0 Å². The zero-order valence-electron chi connectivity index (χ0n) is 17.6. The van der Waals surface area contributed by atoms with E-state index in [1.54, 1.807) is 0 Å². The molecule has 0 saturated heterocycles. The van der Waals surface area contributed by atoms with E-state index < -0.39 is 0 Å². The minimum atomic E-state index is 0.168. The maximum atomic E-state index is 11.4. The zero-order valence-corrected chi connectivity index (χ0v) is 17.6. The van der Waals surface area contributed by atoms with Crippen LogP contribution in [-0.2, 0) is 0 Å². The van der Waals surface area contributed by atoms with Crippen LogP contribution in [0.3, 0.4) is 0 Å². The quantitative estimate of drug-likeness (QED) is 0.477. The molecule has 0 aromatic heterocycles. The van der Waals surface area contributed by atoms with E-state index in [-0.39, 0.29) is 11.8 Å². The summed E-state index contributed by atoms with van der Waals surface area (Å²) >= 11 is 0. The highest BCUT2D eigenvalue weighted by Gasteiger charge is 2.24. The number of hydrogen-bond acceptors (Lipinski definition) is 1. The van der Waals surface area contributed by atoms with Gasteiger partial charge in [0.15, 0.2) is 0 Å². The number of rotatable bonds is 5. The number of phenolic OH excluding ortho intramolecular Hbond substituents is 1. The van der Waals surface area contributed by atoms with Crippen LogP contribution < -0.4 is 0 Å². The molecule has 1 fully saturated rings. The first-order valence-electron chi connectivity index (χ1n) is 11.1. The molecule has 2 unspecified atom stereocenters. The third-order valence-electron chi connectivity index (χ3n) is 6.80. The second-order valence-corrected chi connectivity index (χ2v) is 8.65. The Labute approximate surface area is 175 Å². The molecular formula is C28H32O. The first-order valence-corrected chi connectivity index (χ1v) is 11.1. The van der Waals surface area contributed by atoms with Gasteiger partial charge in [0.1, 0.15) is 5.75 Å². The van der Waals surface area contributed by atoms with Crippen molar-refractivity contribution in [3.8, 4) is 5.75 Å². The lowest BCUT2D eigenvalue weighted by molar-refractivity contribution is 0.437. The smallest absolute Gasteiger partial charge is 0.123 e. The first kappa shape index (κ1) is 19.8. The Balaban J connectivity index is 1.81. The summed E-state index contributed by atoms with van der Waals surface area (Å²) in [7, 11) is 0. The maximum Gasteiger partial charge on any atom is 0.123 e. The van der Waals surface area contributed by atoms with Crippen LogP contribution in [0.15, 0.2) is 72.8 Å². The molecule has 150 valence electrons. The molecule has 1 aliphatic carbocycles. The molecule has 0 heterocycles. The minimum Gasteiger partial charge on any atom is -0.507 e. The third kappa shape index (κ3) is 4.24. The Kier molecular flexibility index (Phi) is 6.04. The summed E-state index contributed by atoms with van der Waals surface area (Å²) in [6.45, 7) is 4.43. The number of hydrogen-bond donors (Lipinski definition) is 1. The average molecular weight is 385 g/mol. The Bertz CT molecular complexity index is 857. The van der Waals surface area contributed by atoms with Crippen LogP contribution in [-0.4, -0.2) is 5.11 Å². The van der Waals surface area contributed by atoms with Gasteiger partial charge in [-0.3, -0.25) is 0 Å². The fourth-order valence-electron chi connectivity index (χ4n) is 4.88. The topological polar surface area (TPSA) is 20.2 Å². The Morgan fingerprint density at radius 3 is 1.59 bits per heavy atom. The standard InChI is InChI=1S/C28H32O/c1-20(22-12-6-3-7-13-22)26-18-25(24-16-10-5-11-17-24)19-27(28(26)29)21(2)23-14-8-4-9-15-23/h3-4,6-9,12-15,18-21,24,29H,5,10-11,16-17H2,1-2H3. The Morgan fingerprint density at radius 1 is 0.690 bits per heavy atom. The monoisotopic (exact) mass is 384 g/mol. The highest BCUT2D eigenvalue weighted by atomic mass is 16.3. The molecule has 1 N–H and O–H groups in total. The molecule has 2 atom stereocenters. The van der Waals surface area contributed by atoms with Gasteiger partial charge in [0.05, 0.1) is 0 Å². The second-order valence-electron chi connectivity index (χ2n) is 8.65. The summed E-state index contributed by atoms with van der Waals surface area (Å²) in [6.07, 6.45) is 6.53. The van der Waals surface area contributed by atoms with Crippen LogP contribution in [0.25, 0.3) is 0 Å². The van der Waals surface area contributed by atoms with Gasteiger partial charge in [-0.1, -0.05) is 106 Å².